The van der Waals surface area contributed by atoms with Crippen LogP contribution in [0.25, 0.3) is 0 Å². The van der Waals surface area contributed by atoms with Crippen molar-refractivity contribution in [2.75, 3.05) is 0 Å². The van der Waals surface area contributed by atoms with Gasteiger partial charge >= 0.3 is 6.09 Å². The van der Waals surface area contributed by atoms with Crippen LogP contribution in [0.2, 0.25) is 18.1 Å². The smallest absolute Gasteiger partial charge is 0.407 e. The maximum Gasteiger partial charge on any atom is 0.407 e. The largest absolute Gasteiger partial charge is 0.444 e. The summed E-state index contributed by atoms with van der Waals surface area (Å²) in [6.07, 6.45) is -1.71. The van der Waals surface area contributed by atoms with E-state index < -0.39 is 32.4 Å². The van der Waals surface area contributed by atoms with Gasteiger partial charge in [-0.1, -0.05) is 20.8 Å². The highest BCUT2D eigenvalue weighted by Crippen LogP contribution is 2.38. The van der Waals surface area contributed by atoms with E-state index in [1.165, 1.54) is 0 Å². The summed E-state index contributed by atoms with van der Waals surface area (Å²) in [5.74, 6) is 0. The lowest BCUT2D eigenvalue weighted by Gasteiger charge is -2.40. The predicted molar refractivity (Wildman–Crippen MR) is 96.4 cm³/mol. The maximum atomic E-state index is 12.0. The molecule has 1 aliphatic rings. The highest BCUT2D eigenvalue weighted by molar-refractivity contribution is 6.74. The Balaban J connectivity index is 2.75. The van der Waals surface area contributed by atoms with Gasteiger partial charge in [0.1, 0.15) is 11.7 Å². The van der Waals surface area contributed by atoms with Crippen LogP contribution in [-0.4, -0.2) is 49.7 Å². The first kappa shape index (κ1) is 21.4. The van der Waals surface area contributed by atoms with Gasteiger partial charge in [0.15, 0.2) is 14.6 Å². The molecule has 0 aromatic carbocycles. The number of ether oxygens (including phenoxy) is 2. The van der Waals surface area contributed by atoms with Gasteiger partial charge in [-0.25, -0.2) is 4.79 Å². The normalized spacial score (nSPS) is 27.0. The topological polar surface area (TPSA) is 77.0 Å². The first-order chi connectivity index (χ1) is 10.6. The molecule has 0 aliphatic carbocycles. The minimum absolute atomic E-state index is 0.0760. The zero-order valence-electron chi connectivity index (χ0n) is 16.6. The fourth-order valence-corrected chi connectivity index (χ4v) is 3.85. The van der Waals surface area contributed by atoms with E-state index in [1.807, 2.05) is 27.7 Å². The summed E-state index contributed by atoms with van der Waals surface area (Å²) < 4.78 is 17.3. The quantitative estimate of drug-likeness (QED) is 0.751. The van der Waals surface area contributed by atoms with E-state index in [2.05, 4.69) is 39.2 Å². The van der Waals surface area contributed by atoms with E-state index in [4.69, 9.17) is 13.9 Å². The van der Waals surface area contributed by atoms with Gasteiger partial charge in [-0.2, -0.15) is 0 Å². The van der Waals surface area contributed by atoms with Gasteiger partial charge in [0.25, 0.3) is 0 Å². The lowest BCUT2D eigenvalue weighted by atomic mass is 10.1. The summed E-state index contributed by atoms with van der Waals surface area (Å²) in [5.41, 5.74) is -0.569. The third kappa shape index (κ3) is 6.02. The highest BCUT2D eigenvalue weighted by atomic mass is 28.4. The van der Waals surface area contributed by atoms with Crippen molar-refractivity contribution in [1.29, 1.82) is 0 Å². The van der Waals surface area contributed by atoms with Crippen LogP contribution >= 0.6 is 0 Å². The van der Waals surface area contributed by atoms with Crippen LogP contribution in [0.3, 0.4) is 0 Å². The number of rotatable bonds is 4. The Labute approximate surface area is 147 Å². The molecule has 7 heteroatoms. The Hall–Kier alpha value is -0.633. The lowest BCUT2D eigenvalue weighted by molar-refractivity contribution is -0.116. The third-order valence-corrected chi connectivity index (χ3v) is 9.19. The first-order valence-corrected chi connectivity index (χ1v) is 11.5. The fraction of sp³-hybridized carbons (Fsp3) is 0.941. The van der Waals surface area contributed by atoms with Gasteiger partial charge in [0, 0.05) is 6.42 Å². The van der Waals surface area contributed by atoms with E-state index in [-0.39, 0.29) is 17.2 Å². The molecule has 1 unspecified atom stereocenters. The van der Waals surface area contributed by atoms with Gasteiger partial charge in [-0.15, -0.1) is 0 Å². The summed E-state index contributed by atoms with van der Waals surface area (Å²) >= 11 is 0. The van der Waals surface area contributed by atoms with Crippen LogP contribution in [-0.2, 0) is 13.9 Å². The summed E-state index contributed by atoms with van der Waals surface area (Å²) in [7, 11) is -1.97. The lowest BCUT2D eigenvalue weighted by Crippen LogP contribution is -2.51. The van der Waals surface area contributed by atoms with Crippen LogP contribution in [0.5, 0.6) is 0 Å². The average Bonchev–Trinajstić information content (AvgIpc) is 2.65. The molecule has 4 atom stereocenters. The van der Waals surface area contributed by atoms with Gasteiger partial charge in [0.05, 0.1) is 12.1 Å². The van der Waals surface area contributed by atoms with Crippen LogP contribution in [0.1, 0.15) is 54.9 Å². The van der Waals surface area contributed by atoms with Crippen molar-refractivity contribution < 1.29 is 23.8 Å². The molecule has 2 N–H and O–H groups in total. The zero-order valence-corrected chi connectivity index (χ0v) is 17.6. The first-order valence-electron chi connectivity index (χ1n) is 8.63. The number of amides is 1. The van der Waals surface area contributed by atoms with Gasteiger partial charge in [-0.05, 0) is 45.8 Å². The summed E-state index contributed by atoms with van der Waals surface area (Å²) in [5, 5.41) is 12.8. The molecule has 0 aromatic heterocycles. The minimum Gasteiger partial charge on any atom is -0.444 e. The van der Waals surface area contributed by atoms with Gasteiger partial charge < -0.3 is 24.3 Å². The standard InChI is InChI=1S/C17H35NO5Si/c1-11(23-24(8,9)17(5,6)7)14-12(10-13(19)21-14)18-15(20)22-16(2,3)4/h11-14,19H,10H2,1-9H3,(H,18,20)/t11-,12-,13?,14+/m0/s1. The Kier molecular flexibility index (Phi) is 6.52. The molecule has 1 heterocycles. The number of aliphatic hydroxyl groups is 1. The molecule has 0 spiro atoms. The molecule has 1 saturated heterocycles. The molecule has 0 saturated carbocycles. The number of nitrogens with one attached hydrogen (secondary N) is 1. The summed E-state index contributed by atoms with van der Waals surface area (Å²) in [4.78, 5) is 12.0. The van der Waals surface area contributed by atoms with Crippen LogP contribution in [0, 0.1) is 0 Å². The molecule has 24 heavy (non-hydrogen) atoms. The minimum atomic E-state index is -1.97. The van der Waals surface area contributed by atoms with Crippen molar-refractivity contribution in [3.05, 3.63) is 0 Å². The SMILES string of the molecule is C[C@H](O[Si](C)(C)C(C)(C)C)[C@H]1OC(O)C[C@@H]1NC(=O)OC(C)(C)C. The molecule has 0 aromatic rings. The second-order valence-corrected chi connectivity index (χ2v) is 13.9. The number of alkyl carbamates (subject to hydrolysis) is 1. The Morgan fingerprint density at radius 1 is 1.25 bits per heavy atom. The molecule has 1 amide bonds. The van der Waals surface area contributed by atoms with Crippen molar-refractivity contribution in [2.45, 2.75) is 103 Å². The number of carbonyl (C=O) groups excluding carboxylic acids is 1. The molecule has 6 nitrogen and oxygen atoms in total. The highest BCUT2D eigenvalue weighted by Gasteiger charge is 2.44. The molecule has 142 valence electrons. The molecule has 1 rings (SSSR count). The van der Waals surface area contributed by atoms with E-state index in [0.717, 1.165) is 0 Å². The van der Waals surface area contributed by atoms with Crippen molar-refractivity contribution in [1.82, 2.24) is 5.32 Å². The Morgan fingerprint density at radius 3 is 2.25 bits per heavy atom. The molecule has 1 aliphatic heterocycles. The van der Waals surface area contributed by atoms with E-state index >= 15 is 0 Å². The van der Waals surface area contributed by atoms with Crippen molar-refractivity contribution in [2.24, 2.45) is 0 Å². The number of carbonyl (C=O) groups is 1. The van der Waals surface area contributed by atoms with Gasteiger partial charge in [0.2, 0.25) is 0 Å². The van der Waals surface area contributed by atoms with E-state index in [0.29, 0.717) is 6.42 Å². The number of hydrogen-bond donors (Lipinski definition) is 2. The Bertz CT molecular complexity index is 441. The molecule has 1 fully saturated rings. The van der Waals surface area contributed by atoms with Gasteiger partial charge in [-0.3, -0.25) is 0 Å². The molecule has 0 radical (unpaired) electrons. The molecular weight excluding hydrogens is 326 g/mol. The number of hydrogen-bond acceptors (Lipinski definition) is 5. The second kappa shape index (κ2) is 7.31. The summed E-state index contributed by atoms with van der Waals surface area (Å²) in [6.45, 7) is 18.2. The molecular formula is C17H35NO5Si. The monoisotopic (exact) mass is 361 g/mol. The second-order valence-electron chi connectivity index (χ2n) is 9.13. The van der Waals surface area contributed by atoms with E-state index in [1.54, 1.807) is 0 Å². The average molecular weight is 362 g/mol. The third-order valence-electron chi connectivity index (χ3n) is 4.62. The summed E-state index contributed by atoms with van der Waals surface area (Å²) in [6, 6.07) is -0.338. The van der Waals surface area contributed by atoms with Crippen LogP contribution < -0.4 is 5.32 Å². The van der Waals surface area contributed by atoms with Crippen molar-refractivity contribution in [3.63, 3.8) is 0 Å². The predicted octanol–water partition coefficient (Wildman–Crippen LogP) is 3.40. The molecule has 0 bridgehead atoms. The maximum absolute atomic E-state index is 12.0. The number of aliphatic hydroxyl groups excluding tert-OH is 1. The Morgan fingerprint density at radius 2 is 1.79 bits per heavy atom. The van der Waals surface area contributed by atoms with E-state index in [9.17, 15) is 9.90 Å². The van der Waals surface area contributed by atoms with Crippen LogP contribution in [0.4, 0.5) is 4.79 Å². The fourth-order valence-electron chi connectivity index (χ4n) is 2.43. The van der Waals surface area contributed by atoms with Crippen molar-refractivity contribution in [3.8, 4) is 0 Å². The van der Waals surface area contributed by atoms with Crippen LogP contribution in [0.15, 0.2) is 0 Å². The zero-order chi connectivity index (χ0) is 18.9. The van der Waals surface area contributed by atoms with Crippen molar-refractivity contribution >= 4 is 14.4 Å².